The summed E-state index contributed by atoms with van der Waals surface area (Å²) in [6.07, 6.45) is 9.05. The minimum atomic E-state index is 0.529. The Morgan fingerprint density at radius 3 is 2.96 bits per heavy atom. The van der Waals surface area contributed by atoms with Gasteiger partial charge < -0.3 is 4.74 Å². The molecule has 0 radical (unpaired) electrons. The molecule has 118 valence electrons. The average molecular weight is 308 g/mol. The number of aryl methyl sites for hydroxylation is 2. The van der Waals surface area contributed by atoms with Crippen LogP contribution in [0.4, 0.5) is 0 Å². The Morgan fingerprint density at radius 2 is 2.17 bits per heavy atom. The van der Waals surface area contributed by atoms with E-state index in [4.69, 9.17) is 4.74 Å². The Labute approximate surface area is 135 Å². The van der Waals surface area contributed by atoms with Gasteiger partial charge in [0.2, 0.25) is 5.65 Å². The summed E-state index contributed by atoms with van der Waals surface area (Å²) in [6, 6.07) is 4.10. The van der Waals surface area contributed by atoms with Crippen LogP contribution in [0.15, 0.2) is 43.4 Å². The second-order valence-corrected chi connectivity index (χ2v) is 5.30. The van der Waals surface area contributed by atoms with Crippen LogP contribution in [0.5, 0.6) is 5.88 Å². The van der Waals surface area contributed by atoms with E-state index in [1.165, 1.54) is 5.56 Å². The Morgan fingerprint density at radius 1 is 1.30 bits per heavy atom. The van der Waals surface area contributed by atoms with Crippen LogP contribution in [0.1, 0.15) is 24.6 Å². The first-order valence-electron chi connectivity index (χ1n) is 7.77. The highest BCUT2D eigenvalue weighted by molar-refractivity contribution is 5.64. The van der Waals surface area contributed by atoms with Crippen molar-refractivity contribution in [1.29, 1.82) is 0 Å². The molecule has 23 heavy (non-hydrogen) atoms. The summed E-state index contributed by atoms with van der Waals surface area (Å²) in [6.45, 7) is 8.39. The largest absolute Gasteiger partial charge is 0.475 e. The van der Waals surface area contributed by atoms with Crippen molar-refractivity contribution in [3.63, 3.8) is 0 Å². The number of hydrogen-bond donors (Lipinski definition) is 0. The highest BCUT2D eigenvalue weighted by atomic mass is 16.5. The lowest BCUT2D eigenvalue weighted by atomic mass is 10.1. The number of hydrogen-bond acceptors (Lipinski definition) is 4. The fourth-order valence-corrected chi connectivity index (χ4v) is 2.48. The summed E-state index contributed by atoms with van der Waals surface area (Å²) in [5.41, 5.74) is 4.62. The van der Waals surface area contributed by atoms with Gasteiger partial charge >= 0.3 is 0 Å². The maximum atomic E-state index is 5.80. The molecule has 0 aliphatic heterocycles. The highest BCUT2D eigenvalue weighted by Crippen LogP contribution is 2.26. The molecule has 0 bridgehead atoms. The zero-order valence-corrected chi connectivity index (χ0v) is 13.5. The SMILES string of the molecule is C=CCCOc1nc(-c2cc(CC)ccn2)c(C)n2ccnc12. The minimum Gasteiger partial charge on any atom is -0.475 e. The molecule has 0 unspecified atom stereocenters. The maximum absolute atomic E-state index is 5.80. The Hall–Kier alpha value is -2.69. The Kier molecular flexibility index (Phi) is 4.37. The number of fused-ring (bicyclic) bond motifs is 1. The van der Waals surface area contributed by atoms with E-state index in [-0.39, 0.29) is 0 Å². The molecule has 0 amide bonds. The Balaban J connectivity index is 2.12. The summed E-state index contributed by atoms with van der Waals surface area (Å²) >= 11 is 0. The second-order valence-electron chi connectivity index (χ2n) is 5.30. The summed E-state index contributed by atoms with van der Waals surface area (Å²) in [7, 11) is 0. The molecule has 0 aliphatic carbocycles. The molecule has 0 saturated heterocycles. The molecule has 3 rings (SSSR count). The number of ether oxygens (including phenoxy) is 1. The van der Waals surface area contributed by atoms with Gasteiger partial charge in [-0.15, -0.1) is 6.58 Å². The monoisotopic (exact) mass is 308 g/mol. The van der Waals surface area contributed by atoms with Gasteiger partial charge in [0.15, 0.2) is 0 Å². The fraction of sp³-hybridized carbons (Fsp3) is 0.278. The first-order chi connectivity index (χ1) is 11.2. The zero-order valence-electron chi connectivity index (χ0n) is 13.5. The number of pyridine rings is 1. The highest BCUT2D eigenvalue weighted by Gasteiger charge is 2.15. The van der Waals surface area contributed by atoms with Gasteiger partial charge in [-0.05, 0) is 37.5 Å². The first-order valence-corrected chi connectivity index (χ1v) is 7.77. The summed E-state index contributed by atoms with van der Waals surface area (Å²) in [5.74, 6) is 0.529. The fourth-order valence-electron chi connectivity index (χ4n) is 2.48. The molecule has 0 N–H and O–H groups in total. The van der Waals surface area contributed by atoms with Crippen molar-refractivity contribution in [2.24, 2.45) is 0 Å². The molecular weight excluding hydrogens is 288 g/mol. The van der Waals surface area contributed by atoms with E-state index in [9.17, 15) is 0 Å². The van der Waals surface area contributed by atoms with Crippen molar-refractivity contribution in [2.75, 3.05) is 6.61 Å². The molecule has 3 aromatic rings. The van der Waals surface area contributed by atoms with E-state index in [2.05, 4.69) is 34.5 Å². The third-order valence-electron chi connectivity index (χ3n) is 3.79. The van der Waals surface area contributed by atoms with Crippen LogP contribution in [-0.2, 0) is 6.42 Å². The minimum absolute atomic E-state index is 0.529. The average Bonchev–Trinajstić information content (AvgIpc) is 3.07. The van der Waals surface area contributed by atoms with Gasteiger partial charge in [0, 0.05) is 24.3 Å². The van der Waals surface area contributed by atoms with E-state index < -0.39 is 0 Å². The molecule has 0 spiro atoms. The van der Waals surface area contributed by atoms with Crippen LogP contribution >= 0.6 is 0 Å². The third kappa shape index (κ3) is 2.95. The lowest BCUT2D eigenvalue weighted by Gasteiger charge is -2.12. The molecule has 0 atom stereocenters. The number of aromatic nitrogens is 4. The van der Waals surface area contributed by atoms with Gasteiger partial charge in [-0.1, -0.05) is 13.0 Å². The topological polar surface area (TPSA) is 52.3 Å². The molecule has 0 saturated carbocycles. The smallest absolute Gasteiger partial charge is 0.259 e. The predicted octanol–water partition coefficient (Wildman–Crippen LogP) is 3.62. The van der Waals surface area contributed by atoms with Crippen LogP contribution < -0.4 is 4.74 Å². The van der Waals surface area contributed by atoms with E-state index in [0.717, 1.165) is 35.6 Å². The van der Waals surface area contributed by atoms with Crippen molar-refractivity contribution < 1.29 is 4.74 Å². The lowest BCUT2D eigenvalue weighted by Crippen LogP contribution is -2.05. The van der Waals surface area contributed by atoms with Crippen molar-refractivity contribution in [3.8, 4) is 17.3 Å². The maximum Gasteiger partial charge on any atom is 0.259 e. The predicted molar refractivity (Wildman–Crippen MR) is 90.6 cm³/mol. The number of nitrogens with zero attached hydrogens (tertiary/aromatic N) is 4. The normalized spacial score (nSPS) is 10.9. The van der Waals surface area contributed by atoms with Gasteiger partial charge in [0.1, 0.15) is 5.69 Å². The molecule has 0 aromatic carbocycles. The summed E-state index contributed by atoms with van der Waals surface area (Å²) in [5, 5.41) is 0. The van der Waals surface area contributed by atoms with Gasteiger partial charge in [0.25, 0.3) is 5.88 Å². The van der Waals surface area contributed by atoms with Crippen LogP contribution in [0, 0.1) is 6.92 Å². The quantitative estimate of drug-likeness (QED) is 0.515. The van der Waals surface area contributed by atoms with Gasteiger partial charge in [-0.25, -0.2) is 9.97 Å². The van der Waals surface area contributed by atoms with E-state index in [1.807, 2.05) is 35.9 Å². The first kappa shape index (κ1) is 15.2. The summed E-state index contributed by atoms with van der Waals surface area (Å²) < 4.78 is 7.79. The third-order valence-corrected chi connectivity index (χ3v) is 3.79. The molecule has 5 nitrogen and oxygen atoms in total. The van der Waals surface area contributed by atoms with Gasteiger partial charge in [-0.3, -0.25) is 9.38 Å². The zero-order chi connectivity index (χ0) is 16.2. The van der Waals surface area contributed by atoms with Gasteiger partial charge in [-0.2, -0.15) is 0 Å². The number of imidazole rings is 1. The molecular formula is C18H20N4O. The van der Waals surface area contributed by atoms with Crippen LogP contribution in [-0.4, -0.2) is 26.0 Å². The van der Waals surface area contributed by atoms with Crippen molar-refractivity contribution >= 4 is 5.65 Å². The standard InChI is InChI=1S/C18H20N4O/c1-4-6-11-23-18-17-20-9-10-22(17)13(3)16(21-18)15-12-14(5-2)7-8-19-15/h4,7-10,12H,1,5-6,11H2,2-3H3. The molecule has 3 aromatic heterocycles. The van der Waals surface area contributed by atoms with E-state index in [0.29, 0.717) is 12.5 Å². The van der Waals surface area contributed by atoms with Gasteiger partial charge in [0.05, 0.1) is 12.3 Å². The summed E-state index contributed by atoms with van der Waals surface area (Å²) in [4.78, 5) is 13.5. The lowest BCUT2D eigenvalue weighted by molar-refractivity contribution is 0.314. The van der Waals surface area contributed by atoms with Crippen LogP contribution in [0.25, 0.3) is 17.0 Å². The molecule has 0 fully saturated rings. The van der Waals surface area contributed by atoms with Crippen molar-refractivity contribution in [2.45, 2.75) is 26.7 Å². The van der Waals surface area contributed by atoms with Crippen LogP contribution in [0.3, 0.4) is 0 Å². The van der Waals surface area contributed by atoms with E-state index >= 15 is 0 Å². The van der Waals surface area contributed by atoms with Crippen molar-refractivity contribution in [3.05, 3.63) is 54.6 Å². The second kappa shape index (κ2) is 6.60. The molecule has 5 heteroatoms. The molecule has 3 heterocycles. The number of rotatable bonds is 6. The van der Waals surface area contributed by atoms with Crippen molar-refractivity contribution in [1.82, 2.24) is 19.4 Å². The van der Waals surface area contributed by atoms with E-state index in [1.54, 1.807) is 6.20 Å². The Bertz CT molecular complexity index is 838. The molecule has 0 aliphatic rings. The van der Waals surface area contributed by atoms with Crippen LogP contribution in [0.2, 0.25) is 0 Å².